The van der Waals surface area contributed by atoms with Crippen LogP contribution in [0.2, 0.25) is 0 Å². The van der Waals surface area contributed by atoms with Gasteiger partial charge in [-0.05, 0) is 0 Å². The summed E-state index contributed by atoms with van der Waals surface area (Å²) in [7, 11) is -3.54. The molecule has 0 saturated carbocycles. The van der Waals surface area contributed by atoms with E-state index in [1.165, 1.54) is 0 Å². The van der Waals surface area contributed by atoms with Gasteiger partial charge in [-0.2, -0.15) is 0 Å². The maximum atomic E-state index is 10.9. The predicted octanol–water partition coefficient (Wildman–Crippen LogP) is 0.0539. The van der Waals surface area contributed by atoms with Crippen LogP contribution in [-0.2, 0) is 14.4 Å². The Bertz CT molecular complexity index is 292. The molecule has 16 heavy (non-hydrogen) atoms. The van der Waals surface area contributed by atoms with Crippen molar-refractivity contribution in [2.45, 2.75) is 26.7 Å². The average Bonchev–Trinajstić information content (AvgIpc) is 2.22. The summed E-state index contributed by atoms with van der Waals surface area (Å²) >= 11 is 0. The van der Waals surface area contributed by atoms with Gasteiger partial charge in [0.1, 0.15) is 0 Å². The van der Waals surface area contributed by atoms with Crippen LogP contribution in [0.15, 0.2) is 0 Å². The molecule has 0 aromatic carbocycles. The Morgan fingerprint density at radius 2 is 1.94 bits per heavy atom. The van der Waals surface area contributed by atoms with Crippen molar-refractivity contribution in [2.75, 3.05) is 25.6 Å². The van der Waals surface area contributed by atoms with Crippen molar-refractivity contribution in [1.29, 1.82) is 0 Å². The summed E-state index contributed by atoms with van der Waals surface area (Å²) in [6.45, 7) is 5.35. The van der Waals surface area contributed by atoms with Gasteiger partial charge in [-0.15, -0.1) is 0 Å². The van der Waals surface area contributed by atoms with E-state index in [-0.39, 0.29) is 18.9 Å². The van der Waals surface area contributed by atoms with Crippen molar-refractivity contribution in [1.82, 2.24) is 4.90 Å². The molecule has 0 aromatic heterocycles. The van der Waals surface area contributed by atoms with Gasteiger partial charge in [0.15, 0.2) is 0 Å². The van der Waals surface area contributed by atoms with Crippen molar-refractivity contribution >= 4 is 16.1 Å². The molecule has 0 spiro atoms. The average molecular weight is 249 g/mol. The van der Waals surface area contributed by atoms with Crippen LogP contribution in [0.1, 0.15) is 26.7 Å². The van der Waals surface area contributed by atoms with Gasteiger partial charge in [-0.1, -0.05) is 0 Å². The van der Waals surface area contributed by atoms with E-state index in [9.17, 15) is 13.1 Å². The molecule has 0 aliphatic heterocycles. The third-order valence-electron chi connectivity index (χ3n) is 2.27. The van der Waals surface area contributed by atoms with Gasteiger partial charge in [-0.3, -0.25) is 0 Å². The standard InChI is InChI=1S/C9H20BNO4S/c1-9(2)4-6-11(8-12)5-3-7-16(14,15)10-13/h9,12H,3-8H2,1-2H3. The zero-order chi connectivity index (χ0) is 12.6. The summed E-state index contributed by atoms with van der Waals surface area (Å²) in [4.78, 5) is 1.78. The van der Waals surface area contributed by atoms with Crippen LogP contribution < -0.4 is 0 Å². The quantitative estimate of drug-likeness (QED) is 0.461. The molecule has 94 valence electrons. The molecule has 0 fully saturated rings. The van der Waals surface area contributed by atoms with Gasteiger partial charge in [0.25, 0.3) is 0 Å². The van der Waals surface area contributed by atoms with Gasteiger partial charge >= 0.3 is 97.4 Å². The monoisotopic (exact) mass is 249 g/mol. The number of aliphatic hydroxyl groups excluding tert-OH is 1. The van der Waals surface area contributed by atoms with Crippen molar-refractivity contribution in [3.05, 3.63) is 0 Å². The summed E-state index contributed by atoms with van der Waals surface area (Å²) in [5.74, 6) is 0.405. The second-order valence-corrected chi connectivity index (χ2v) is 6.19. The van der Waals surface area contributed by atoms with Crippen molar-refractivity contribution in [2.24, 2.45) is 5.92 Å². The number of nitrogens with zero attached hydrogens (tertiary/aromatic N) is 1. The Kier molecular flexibility index (Phi) is 7.79. The van der Waals surface area contributed by atoms with E-state index in [0.29, 0.717) is 18.9 Å². The van der Waals surface area contributed by atoms with Gasteiger partial charge in [0.2, 0.25) is 0 Å². The Hall–Kier alpha value is -0.265. The third-order valence-corrected chi connectivity index (χ3v) is 3.42. The van der Waals surface area contributed by atoms with Crippen LogP contribution in [0, 0.1) is 5.92 Å². The third kappa shape index (κ3) is 7.95. The predicted molar refractivity (Wildman–Crippen MR) is 63.0 cm³/mol. The van der Waals surface area contributed by atoms with Gasteiger partial charge in [-0.25, -0.2) is 0 Å². The maximum absolute atomic E-state index is 10.9. The van der Waals surface area contributed by atoms with E-state index in [0.717, 1.165) is 13.0 Å². The molecule has 0 rings (SSSR count). The van der Waals surface area contributed by atoms with Crippen LogP contribution in [0.3, 0.4) is 0 Å². The fraction of sp³-hybridized carbons (Fsp3) is 1.00. The second kappa shape index (κ2) is 7.92. The molecule has 0 aliphatic rings. The van der Waals surface area contributed by atoms with Crippen LogP contribution >= 0.6 is 0 Å². The topological polar surface area (TPSA) is 74.7 Å². The summed E-state index contributed by atoms with van der Waals surface area (Å²) < 4.78 is 31.9. The molecular formula is C9H20BNO4S. The first-order chi connectivity index (χ1) is 7.41. The van der Waals surface area contributed by atoms with E-state index >= 15 is 0 Å². The molecule has 0 aliphatic carbocycles. The Morgan fingerprint density at radius 1 is 1.31 bits per heavy atom. The fourth-order valence-electron chi connectivity index (χ4n) is 1.23. The SMILES string of the molecule is CC(C)CCN(CO)CCCS(=O)(=O)B=O. The van der Waals surface area contributed by atoms with E-state index in [2.05, 4.69) is 13.8 Å². The molecular weight excluding hydrogens is 229 g/mol. The van der Waals surface area contributed by atoms with Crippen molar-refractivity contribution in [3.63, 3.8) is 0 Å². The van der Waals surface area contributed by atoms with Crippen molar-refractivity contribution < 1.29 is 18.2 Å². The molecule has 0 unspecified atom stereocenters. The van der Waals surface area contributed by atoms with Crippen LogP contribution in [0.25, 0.3) is 0 Å². The minimum atomic E-state index is -3.54. The van der Waals surface area contributed by atoms with Gasteiger partial charge in [0, 0.05) is 0 Å². The summed E-state index contributed by atoms with van der Waals surface area (Å²) in [5, 5.41) is 9.03. The second-order valence-electron chi connectivity index (χ2n) is 4.26. The first-order valence-corrected chi connectivity index (χ1v) is 7.14. The number of rotatable bonds is 9. The van der Waals surface area contributed by atoms with Gasteiger partial charge in [0.05, 0.1) is 0 Å². The molecule has 0 saturated heterocycles. The molecule has 0 aromatic rings. The molecule has 0 atom stereocenters. The van der Waals surface area contributed by atoms with E-state index < -0.39 is 9.69 Å². The first kappa shape index (κ1) is 15.7. The molecule has 0 amide bonds. The van der Waals surface area contributed by atoms with Gasteiger partial charge < -0.3 is 0 Å². The summed E-state index contributed by atoms with van der Waals surface area (Å²) in [5.41, 5.74) is 0. The van der Waals surface area contributed by atoms with E-state index in [1.54, 1.807) is 4.90 Å². The Labute approximate surface area is 97.9 Å². The minimum absolute atomic E-state index is 0.00952. The zero-order valence-electron chi connectivity index (χ0n) is 9.92. The van der Waals surface area contributed by atoms with Crippen LogP contribution in [-0.4, -0.2) is 50.4 Å². The number of aliphatic hydroxyl groups is 1. The number of hydrogen-bond acceptors (Lipinski definition) is 5. The number of hydrogen-bond donors (Lipinski definition) is 1. The molecule has 5 nitrogen and oxygen atoms in total. The molecule has 1 N–H and O–H groups in total. The van der Waals surface area contributed by atoms with Crippen LogP contribution in [0.4, 0.5) is 0 Å². The fourth-order valence-corrected chi connectivity index (χ4v) is 1.86. The summed E-state index contributed by atoms with van der Waals surface area (Å²) in [6, 6.07) is 0. The Balaban J connectivity index is 3.83. The first-order valence-electron chi connectivity index (χ1n) is 5.42. The molecule has 7 heteroatoms. The normalized spacial score (nSPS) is 12.1. The molecule has 0 heterocycles. The molecule has 0 radical (unpaired) electrons. The zero-order valence-corrected chi connectivity index (χ0v) is 10.7. The van der Waals surface area contributed by atoms with E-state index in [1.807, 2.05) is 0 Å². The van der Waals surface area contributed by atoms with Crippen molar-refractivity contribution in [3.8, 4) is 0 Å². The van der Waals surface area contributed by atoms with E-state index in [4.69, 9.17) is 5.11 Å². The van der Waals surface area contributed by atoms with Crippen LogP contribution in [0.5, 0.6) is 0 Å². The Morgan fingerprint density at radius 3 is 2.38 bits per heavy atom. The molecule has 0 bridgehead atoms. The summed E-state index contributed by atoms with van der Waals surface area (Å²) in [6.07, 6.45) is 1.32.